The number of ketones is 1. The summed E-state index contributed by atoms with van der Waals surface area (Å²) in [5.41, 5.74) is 8.37. The molecule has 3 heteroatoms. The van der Waals surface area contributed by atoms with Crippen LogP contribution in [0.25, 0.3) is 0 Å². The van der Waals surface area contributed by atoms with Gasteiger partial charge in [0.1, 0.15) is 5.78 Å². The maximum atomic E-state index is 12.6. The SMILES string of the molecule is Nc1ccc(C2(C(=O)Cc3ccc(Br)cc3)CC2)cc1. The number of halogens is 1. The minimum absolute atomic E-state index is 0.263. The maximum absolute atomic E-state index is 12.6. The van der Waals surface area contributed by atoms with Crippen molar-refractivity contribution in [1.29, 1.82) is 0 Å². The number of benzene rings is 2. The van der Waals surface area contributed by atoms with Crippen LogP contribution in [0.1, 0.15) is 24.0 Å². The minimum Gasteiger partial charge on any atom is -0.399 e. The molecule has 0 spiro atoms. The second kappa shape index (κ2) is 5.06. The first-order chi connectivity index (χ1) is 9.60. The fourth-order valence-corrected chi connectivity index (χ4v) is 2.88. The number of nitrogens with two attached hydrogens (primary N) is 1. The van der Waals surface area contributed by atoms with Crippen LogP contribution in [-0.2, 0) is 16.6 Å². The van der Waals surface area contributed by atoms with Crippen LogP contribution in [0.15, 0.2) is 53.0 Å². The molecule has 1 saturated carbocycles. The standard InChI is InChI=1S/C17H16BrNO/c18-14-5-1-12(2-6-14)11-16(20)17(9-10-17)13-3-7-15(19)8-4-13/h1-8H,9-11,19H2. The normalized spacial score (nSPS) is 15.8. The number of nitrogen functional groups attached to an aromatic ring is 1. The molecular formula is C17H16BrNO. The van der Waals surface area contributed by atoms with E-state index >= 15 is 0 Å². The van der Waals surface area contributed by atoms with Crippen molar-refractivity contribution in [3.05, 3.63) is 64.1 Å². The predicted molar refractivity (Wildman–Crippen MR) is 84.6 cm³/mol. The summed E-state index contributed by atoms with van der Waals surface area (Å²) in [4.78, 5) is 12.6. The van der Waals surface area contributed by atoms with E-state index in [-0.39, 0.29) is 5.41 Å². The monoisotopic (exact) mass is 329 g/mol. The topological polar surface area (TPSA) is 43.1 Å². The Morgan fingerprint density at radius 1 is 1.05 bits per heavy atom. The van der Waals surface area contributed by atoms with Crippen molar-refractivity contribution in [3.8, 4) is 0 Å². The molecule has 102 valence electrons. The van der Waals surface area contributed by atoms with Gasteiger partial charge >= 0.3 is 0 Å². The maximum Gasteiger partial charge on any atom is 0.147 e. The van der Waals surface area contributed by atoms with E-state index in [2.05, 4.69) is 15.9 Å². The summed E-state index contributed by atoms with van der Waals surface area (Å²) in [5.74, 6) is 0.310. The van der Waals surface area contributed by atoms with E-state index < -0.39 is 0 Å². The lowest BCUT2D eigenvalue weighted by atomic mass is 9.88. The van der Waals surface area contributed by atoms with Crippen LogP contribution < -0.4 is 5.73 Å². The summed E-state index contributed by atoms with van der Waals surface area (Å²) < 4.78 is 1.04. The molecule has 2 nitrogen and oxygen atoms in total. The average molecular weight is 330 g/mol. The van der Waals surface area contributed by atoms with E-state index in [0.29, 0.717) is 12.2 Å². The smallest absolute Gasteiger partial charge is 0.147 e. The van der Waals surface area contributed by atoms with E-state index in [0.717, 1.165) is 34.1 Å². The van der Waals surface area contributed by atoms with Crippen LogP contribution in [0.4, 0.5) is 5.69 Å². The van der Waals surface area contributed by atoms with Gasteiger partial charge in [-0.15, -0.1) is 0 Å². The molecule has 2 aromatic rings. The molecule has 0 bridgehead atoms. The van der Waals surface area contributed by atoms with Crippen LogP contribution in [0.2, 0.25) is 0 Å². The van der Waals surface area contributed by atoms with Gasteiger partial charge in [0.05, 0.1) is 5.41 Å². The van der Waals surface area contributed by atoms with Crippen LogP contribution in [-0.4, -0.2) is 5.78 Å². The first kappa shape index (κ1) is 13.4. The molecule has 1 aliphatic carbocycles. The third-order valence-corrected chi connectivity index (χ3v) is 4.55. The number of hydrogen-bond donors (Lipinski definition) is 1. The molecule has 0 saturated heterocycles. The zero-order valence-corrected chi connectivity index (χ0v) is 12.7. The molecule has 0 radical (unpaired) electrons. The van der Waals surface area contributed by atoms with Crippen molar-refractivity contribution >= 4 is 27.4 Å². The Morgan fingerprint density at radius 2 is 1.65 bits per heavy atom. The molecule has 0 atom stereocenters. The lowest BCUT2D eigenvalue weighted by Crippen LogP contribution is -2.22. The number of anilines is 1. The molecule has 1 fully saturated rings. The molecule has 0 aromatic heterocycles. The van der Waals surface area contributed by atoms with Gasteiger partial charge in [-0.2, -0.15) is 0 Å². The van der Waals surface area contributed by atoms with Crippen molar-refractivity contribution in [2.75, 3.05) is 5.73 Å². The van der Waals surface area contributed by atoms with Crippen LogP contribution in [0.5, 0.6) is 0 Å². The fraction of sp³-hybridized carbons (Fsp3) is 0.235. The van der Waals surface area contributed by atoms with Crippen molar-refractivity contribution in [2.24, 2.45) is 0 Å². The zero-order chi connectivity index (χ0) is 14.2. The lowest BCUT2D eigenvalue weighted by Gasteiger charge is -2.15. The summed E-state index contributed by atoms with van der Waals surface area (Å²) in [6.07, 6.45) is 2.40. The van der Waals surface area contributed by atoms with Crippen molar-refractivity contribution in [1.82, 2.24) is 0 Å². The van der Waals surface area contributed by atoms with Gasteiger partial charge in [-0.1, -0.05) is 40.2 Å². The number of carbonyl (C=O) groups is 1. The third kappa shape index (κ3) is 2.50. The first-order valence-electron chi connectivity index (χ1n) is 6.74. The van der Waals surface area contributed by atoms with E-state index in [1.165, 1.54) is 0 Å². The highest BCUT2D eigenvalue weighted by Gasteiger charge is 2.50. The Bertz CT molecular complexity index is 627. The van der Waals surface area contributed by atoms with Gasteiger partial charge in [0.2, 0.25) is 0 Å². The Labute approximate surface area is 127 Å². The highest BCUT2D eigenvalue weighted by Crippen LogP contribution is 2.49. The molecule has 2 N–H and O–H groups in total. The zero-order valence-electron chi connectivity index (χ0n) is 11.1. The van der Waals surface area contributed by atoms with Gasteiger partial charge in [0.25, 0.3) is 0 Å². The van der Waals surface area contributed by atoms with E-state index in [1.807, 2.05) is 48.5 Å². The number of rotatable bonds is 4. The second-order valence-electron chi connectivity index (χ2n) is 5.43. The summed E-state index contributed by atoms with van der Waals surface area (Å²) in [5, 5.41) is 0. The third-order valence-electron chi connectivity index (χ3n) is 4.02. The predicted octanol–water partition coefficient (Wildman–Crippen LogP) is 3.87. The van der Waals surface area contributed by atoms with Crippen molar-refractivity contribution in [3.63, 3.8) is 0 Å². The number of carbonyl (C=O) groups excluding carboxylic acids is 1. The van der Waals surface area contributed by atoms with Gasteiger partial charge in [-0.3, -0.25) is 4.79 Å². The molecule has 20 heavy (non-hydrogen) atoms. The molecular weight excluding hydrogens is 314 g/mol. The van der Waals surface area contributed by atoms with Gasteiger partial charge in [0, 0.05) is 16.6 Å². The van der Waals surface area contributed by atoms with E-state index in [9.17, 15) is 4.79 Å². The Kier molecular flexibility index (Phi) is 3.38. The van der Waals surface area contributed by atoms with Crippen molar-refractivity contribution < 1.29 is 4.79 Å². The summed E-state index contributed by atoms with van der Waals surface area (Å²) in [6.45, 7) is 0. The van der Waals surface area contributed by atoms with Gasteiger partial charge in [-0.05, 0) is 48.2 Å². The van der Waals surface area contributed by atoms with Gasteiger partial charge in [0.15, 0.2) is 0 Å². The van der Waals surface area contributed by atoms with E-state index in [1.54, 1.807) is 0 Å². The molecule has 2 aromatic carbocycles. The lowest BCUT2D eigenvalue weighted by molar-refractivity contribution is -0.120. The van der Waals surface area contributed by atoms with Gasteiger partial charge < -0.3 is 5.73 Å². The molecule has 3 rings (SSSR count). The molecule has 0 aliphatic heterocycles. The van der Waals surface area contributed by atoms with Crippen LogP contribution >= 0.6 is 15.9 Å². The Balaban J connectivity index is 1.79. The Hall–Kier alpha value is -1.61. The molecule has 0 heterocycles. The first-order valence-corrected chi connectivity index (χ1v) is 7.53. The van der Waals surface area contributed by atoms with E-state index in [4.69, 9.17) is 5.73 Å². The molecule has 0 amide bonds. The van der Waals surface area contributed by atoms with Crippen LogP contribution in [0, 0.1) is 0 Å². The fourth-order valence-electron chi connectivity index (χ4n) is 2.61. The minimum atomic E-state index is -0.263. The molecule has 0 unspecified atom stereocenters. The highest BCUT2D eigenvalue weighted by molar-refractivity contribution is 9.10. The number of hydrogen-bond acceptors (Lipinski definition) is 2. The number of Topliss-reactive ketones (excluding diaryl/α,β-unsaturated/α-hetero) is 1. The largest absolute Gasteiger partial charge is 0.399 e. The second-order valence-corrected chi connectivity index (χ2v) is 6.35. The summed E-state index contributed by atoms with van der Waals surface area (Å²) in [6, 6.07) is 15.7. The molecule has 1 aliphatic rings. The van der Waals surface area contributed by atoms with Gasteiger partial charge in [-0.25, -0.2) is 0 Å². The highest BCUT2D eigenvalue weighted by atomic mass is 79.9. The van der Waals surface area contributed by atoms with Crippen LogP contribution in [0.3, 0.4) is 0 Å². The average Bonchev–Trinajstić information content (AvgIpc) is 3.24. The quantitative estimate of drug-likeness (QED) is 0.865. The summed E-state index contributed by atoms with van der Waals surface area (Å²) in [7, 11) is 0. The summed E-state index contributed by atoms with van der Waals surface area (Å²) >= 11 is 3.41. The Morgan fingerprint density at radius 3 is 2.20 bits per heavy atom. The van der Waals surface area contributed by atoms with Crippen molar-refractivity contribution in [2.45, 2.75) is 24.7 Å².